The first-order chi connectivity index (χ1) is 15.0. The minimum Gasteiger partial charge on any atom is -0.355 e. The van der Waals surface area contributed by atoms with Crippen molar-refractivity contribution in [3.8, 4) is 6.07 Å². The smallest absolute Gasteiger partial charge is 0.254 e. The maximum absolute atomic E-state index is 13.6. The van der Waals surface area contributed by atoms with Crippen LogP contribution in [-0.4, -0.2) is 36.9 Å². The molecule has 4 rings (SSSR count). The van der Waals surface area contributed by atoms with Gasteiger partial charge >= 0.3 is 0 Å². The largest absolute Gasteiger partial charge is 0.355 e. The number of carbonyl (C=O) groups is 2. The Morgan fingerprint density at radius 3 is 2.23 bits per heavy atom. The van der Waals surface area contributed by atoms with Gasteiger partial charge in [-0.05, 0) is 79.3 Å². The molecule has 2 fully saturated rings. The van der Waals surface area contributed by atoms with Gasteiger partial charge in [-0.15, -0.1) is 0 Å². The third-order valence-corrected chi connectivity index (χ3v) is 6.95. The van der Waals surface area contributed by atoms with Crippen LogP contribution in [0.25, 0.3) is 0 Å². The molecule has 1 aliphatic heterocycles. The van der Waals surface area contributed by atoms with Crippen LogP contribution in [0, 0.1) is 18.3 Å². The highest BCUT2D eigenvalue weighted by atomic mass is 16.2. The molecule has 1 N–H and O–H groups in total. The zero-order valence-corrected chi connectivity index (χ0v) is 18.3. The predicted octanol–water partition coefficient (Wildman–Crippen LogP) is 4.51. The second-order valence-corrected chi connectivity index (χ2v) is 8.73. The molecule has 0 unspecified atom stereocenters. The number of piperidine rings is 1. The SMILES string of the molecule is CNC(=O)c1ccc(C)c(C(=O)N2CCC(c3ccc(C#N)cc3)CC2)c1C1CCC1. The Kier molecular flexibility index (Phi) is 6.08. The van der Waals surface area contributed by atoms with Gasteiger partial charge < -0.3 is 10.2 Å². The molecule has 0 spiro atoms. The Balaban J connectivity index is 1.56. The average Bonchev–Trinajstić information content (AvgIpc) is 2.77. The molecule has 1 aliphatic carbocycles. The molecule has 160 valence electrons. The van der Waals surface area contributed by atoms with E-state index >= 15 is 0 Å². The number of nitrogens with zero attached hydrogens (tertiary/aromatic N) is 2. The standard InChI is InChI=1S/C26H29N3O2/c1-17-6-11-22(25(30)28-2)24(21-4-3-5-21)23(17)26(31)29-14-12-20(13-15-29)19-9-7-18(16-27)8-10-19/h6-11,20-21H,3-5,12-15H2,1-2H3,(H,28,30). The van der Waals surface area contributed by atoms with Crippen LogP contribution in [0.1, 0.15) is 86.9 Å². The quantitative estimate of drug-likeness (QED) is 0.798. The molecule has 0 atom stereocenters. The van der Waals surface area contributed by atoms with Crippen molar-refractivity contribution in [2.45, 2.75) is 50.9 Å². The van der Waals surface area contributed by atoms with Crippen molar-refractivity contribution >= 4 is 11.8 Å². The Labute approximate surface area is 184 Å². The van der Waals surface area contributed by atoms with Crippen molar-refractivity contribution in [1.82, 2.24) is 10.2 Å². The van der Waals surface area contributed by atoms with E-state index in [-0.39, 0.29) is 11.8 Å². The molecule has 5 heteroatoms. The van der Waals surface area contributed by atoms with Crippen molar-refractivity contribution in [3.05, 3.63) is 69.8 Å². The summed E-state index contributed by atoms with van der Waals surface area (Å²) in [6.07, 6.45) is 5.04. The van der Waals surface area contributed by atoms with E-state index in [0.717, 1.165) is 48.8 Å². The van der Waals surface area contributed by atoms with Crippen LogP contribution in [-0.2, 0) is 0 Å². The minimum atomic E-state index is -0.115. The molecule has 1 saturated heterocycles. The van der Waals surface area contributed by atoms with Crippen LogP contribution in [0.5, 0.6) is 0 Å². The molecular formula is C26H29N3O2. The summed E-state index contributed by atoms with van der Waals surface area (Å²) < 4.78 is 0. The molecule has 2 aromatic rings. The zero-order valence-electron chi connectivity index (χ0n) is 18.3. The van der Waals surface area contributed by atoms with E-state index in [9.17, 15) is 9.59 Å². The van der Waals surface area contributed by atoms with E-state index in [1.54, 1.807) is 7.05 Å². The second kappa shape index (κ2) is 8.93. The lowest BCUT2D eigenvalue weighted by molar-refractivity contribution is 0.0710. The van der Waals surface area contributed by atoms with Gasteiger partial charge in [0.1, 0.15) is 0 Å². The molecule has 31 heavy (non-hydrogen) atoms. The van der Waals surface area contributed by atoms with Crippen LogP contribution < -0.4 is 5.32 Å². The van der Waals surface area contributed by atoms with Crippen LogP contribution in [0.2, 0.25) is 0 Å². The second-order valence-electron chi connectivity index (χ2n) is 8.73. The third-order valence-electron chi connectivity index (χ3n) is 6.95. The first kappa shape index (κ1) is 21.1. The summed E-state index contributed by atoms with van der Waals surface area (Å²) in [4.78, 5) is 28.1. The molecule has 1 saturated carbocycles. The number of amides is 2. The molecule has 2 aromatic carbocycles. The zero-order chi connectivity index (χ0) is 22.0. The van der Waals surface area contributed by atoms with E-state index in [4.69, 9.17) is 5.26 Å². The summed E-state index contributed by atoms with van der Waals surface area (Å²) in [5, 5.41) is 11.7. The van der Waals surface area contributed by atoms with Crippen molar-refractivity contribution in [2.75, 3.05) is 20.1 Å². The average molecular weight is 416 g/mol. The number of likely N-dealkylation sites (tertiary alicyclic amines) is 1. The molecule has 2 aliphatic rings. The molecule has 1 heterocycles. The lowest BCUT2D eigenvalue weighted by Crippen LogP contribution is -2.39. The van der Waals surface area contributed by atoms with Gasteiger partial charge in [0.25, 0.3) is 11.8 Å². The van der Waals surface area contributed by atoms with Crippen molar-refractivity contribution in [2.24, 2.45) is 0 Å². The van der Waals surface area contributed by atoms with Gasteiger partial charge in [-0.25, -0.2) is 0 Å². The van der Waals surface area contributed by atoms with Crippen molar-refractivity contribution < 1.29 is 9.59 Å². The lowest BCUT2D eigenvalue weighted by atomic mass is 9.74. The minimum absolute atomic E-state index is 0.0587. The van der Waals surface area contributed by atoms with Gasteiger partial charge in [0.05, 0.1) is 11.6 Å². The topological polar surface area (TPSA) is 73.2 Å². The summed E-state index contributed by atoms with van der Waals surface area (Å²) in [6.45, 7) is 3.39. The first-order valence-corrected chi connectivity index (χ1v) is 11.2. The number of aryl methyl sites for hydroxylation is 1. The van der Waals surface area contributed by atoms with E-state index in [1.807, 2.05) is 48.2 Å². The summed E-state index contributed by atoms with van der Waals surface area (Å²) in [7, 11) is 1.64. The molecule has 0 aromatic heterocycles. The third kappa shape index (κ3) is 4.07. The van der Waals surface area contributed by atoms with Crippen LogP contribution in [0.4, 0.5) is 0 Å². The van der Waals surface area contributed by atoms with Gasteiger partial charge in [-0.1, -0.05) is 24.6 Å². The highest BCUT2D eigenvalue weighted by Crippen LogP contribution is 2.41. The predicted molar refractivity (Wildman–Crippen MR) is 120 cm³/mol. The van der Waals surface area contributed by atoms with Gasteiger partial charge in [0, 0.05) is 31.3 Å². The van der Waals surface area contributed by atoms with E-state index < -0.39 is 0 Å². The molecule has 0 radical (unpaired) electrons. The first-order valence-electron chi connectivity index (χ1n) is 11.2. The fourth-order valence-electron chi connectivity index (χ4n) is 4.87. The number of nitrogens with one attached hydrogen (secondary N) is 1. The molecular weight excluding hydrogens is 386 g/mol. The number of hydrogen-bond acceptors (Lipinski definition) is 3. The van der Waals surface area contributed by atoms with Crippen LogP contribution >= 0.6 is 0 Å². The molecule has 0 bridgehead atoms. The van der Waals surface area contributed by atoms with Gasteiger partial charge in [-0.3, -0.25) is 9.59 Å². The monoisotopic (exact) mass is 415 g/mol. The highest BCUT2D eigenvalue weighted by molar-refractivity contribution is 6.03. The van der Waals surface area contributed by atoms with Crippen molar-refractivity contribution in [3.63, 3.8) is 0 Å². The molecule has 5 nitrogen and oxygen atoms in total. The normalized spacial score (nSPS) is 17.0. The number of benzene rings is 2. The number of rotatable bonds is 4. The molecule has 2 amide bonds. The Morgan fingerprint density at radius 2 is 1.68 bits per heavy atom. The van der Waals surface area contributed by atoms with E-state index in [2.05, 4.69) is 11.4 Å². The van der Waals surface area contributed by atoms with E-state index in [0.29, 0.717) is 36.1 Å². The maximum Gasteiger partial charge on any atom is 0.254 e. The maximum atomic E-state index is 13.6. The summed E-state index contributed by atoms with van der Waals surface area (Å²) in [5.41, 5.74) is 5.19. The van der Waals surface area contributed by atoms with Crippen LogP contribution in [0.15, 0.2) is 36.4 Å². The summed E-state index contributed by atoms with van der Waals surface area (Å²) >= 11 is 0. The van der Waals surface area contributed by atoms with Crippen LogP contribution in [0.3, 0.4) is 0 Å². The Bertz CT molecular complexity index is 1020. The van der Waals surface area contributed by atoms with Gasteiger partial charge in [0.15, 0.2) is 0 Å². The number of hydrogen-bond donors (Lipinski definition) is 1. The Hall–Kier alpha value is -3.13. The van der Waals surface area contributed by atoms with Crippen molar-refractivity contribution in [1.29, 1.82) is 5.26 Å². The highest BCUT2D eigenvalue weighted by Gasteiger charge is 2.33. The van der Waals surface area contributed by atoms with Gasteiger partial charge in [0.2, 0.25) is 0 Å². The lowest BCUT2D eigenvalue weighted by Gasteiger charge is -2.35. The fourth-order valence-corrected chi connectivity index (χ4v) is 4.87. The summed E-state index contributed by atoms with van der Waals surface area (Å²) in [5.74, 6) is 0.641. The summed E-state index contributed by atoms with van der Waals surface area (Å²) in [6, 6.07) is 13.7. The Morgan fingerprint density at radius 1 is 1.00 bits per heavy atom. The van der Waals surface area contributed by atoms with E-state index in [1.165, 1.54) is 5.56 Å². The fraction of sp³-hybridized carbons (Fsp3) is 0.423. The number of nitriles is 1. The van der Waals surface area contributed by atoms with Gasteiger partial charge in [-0.2, -0.15) is 5.26 Å². The number of carbonyl (C=O) groups excluding carboxylic acids is 2.